The molecule has 1 heteroatoms. The molecule has 0 N–H and O–H groups in total. The first-order valence-corrected chi connectivity index (χ1v) is 26.1. The van der Waals surface area contributed by atoms with Crippen molar-refractivity contribution in [2.45, 2.75) is 106 Å². The molecule has 1 nitrogen and oxygen atoms in total. The second kappa shape index (κ2) is 25.6. The van der Waals surface area contributed by atoms with E-state index in [1.165, 1.54) is 77.5 Å². The van der Waals surface area contributed by atoms with E-state index < -0.39 is 0 Å². The first kappa shape index (κ1) is 53.1. The number of rotatable bonds is 9. The van der Waals surface area contributed by atoms with Crippen LogP contribution in [-0.2, 0) is 11.8 Å². The molecule has 0 aliphatic heterocycles. The van der Waals surface area contributed by atoms with Gasteiger partial charge in [0, 0.05) is 22.4 Å². The standard InChI is InChI=1S/C34H32.C20H19N.C12H14.2C2H6/c1-3-25-13-7-8-17-29(25)26-20-21-33-31(23-26)30-18-9-10-19-32(30)34(33,27-14-5-4-6-15-27)28-16-11-12-24(2)22-28;1-4-16(14-13-15(2)3)21-19-11-7-5-9-17(19)18-10-6-8-12-20(18)21;1-4-5-11(3)12-8-6-10(2)7-9-12;2*1-2/h4-9,11-18,21-23,26H,3,10,19-20H2,1-2H3;4-14H,2H2,1,3H3;4-9H,3H2,1-2H3;2*1-2H3/b;14-13-,16-4+;5-4-;;. The molecular weight excluding hydrogens is 855 g/mol. The van der Waals surface area contributed by atoms with Crippen molar-refractivity contribution in [3.8, 4) is 0 Å². The lowest BCUT2D eigenvalue weighted by Gasteiger charge is -2.38. The first-order valence-electron chi connectivity index (χ1n) is 26.1. The molecule has 0 radical (unpaired) electrons. The number of para-hydroxylation sites is 2. The fourth-order valence-corrected chi connectivity index (χ4v) is 10.4. The van der Waals surface area contributed by atoms with Crippen LogP contribution in [0.2, 0.25) is 0 Å². The zero-order valence-corrected chi connectivity index (χ0v) is 44.4. The van der Waals surface area contributed by atoms with Crippen molar-refractivity contribution in [1.82, 2.24) is 4.57 Å². The van der Waals surface area contributed by atoms with E-state index >= 15 is 0 Å². The summed E-state index contributed by atoms with van der Waals surface area (Å²) in [5.41, 5.74) is 21.1. The van der Waals surface area contributed by atoms with Crippen LogP contribution in [0.5, 0.6) is 0 Å². The Hall–Kier alpha value is -7.22. The topological polar surface area (TPSA) is 4.93 Å². The van der Waals surface area contributed by atoms with Crippen LogP contribution < -0.4 is 0 Å². The molecule has 1 heterocycles. The van der Waals surface area contributed by atoms with E-state index in [-0.39, 0.29) is 5.41 Å². The van der Waals surface area contributed by atoms with Gasteiger partial charge in [-0.1, -0.05) is 253 Å². The molecule has 0 spiro atoms. The highest BCUT2D eigenvalue weighted by Gasteiger charge is 2.50. The Labute approximate surface area is 428 Å². The minimum absolute atomic E-state index is 0.200. The summed E-state index contributed by atoms with van der Waals surface area (Å²) in [5, 5.41) is 2.58. The minimum atomic E-state index is -0.200. The SMILES string of the molecule is C=C(/C=C\C)c1ccc(C)cc1.C=C(C)/C=C\C(=C/C)n1c2ccccc2c2ccccc21.CC.CC.CCc1ccccc1C1C=C2C(=CC1)C(c1ccccc1)(c1cccc(C)c1)C1=C2C=CCC1. The van der Waals surface area contributed by atoms with E-state index in [0.29, 0.717) is 5.92 Å². The maximum Gasteiger partial charge on any atom is 0.0673 e. The quantitative estimate of drug-likeness (QED) is 0.127. The highest BCUT2D eigenvalue weighted by molar-refractivity contribution is 6.10. The smallest absolute Gasteiger partial charge is 0.0673 e. The van der Waals surface area contributed by atoms with Crippen LogP contribution in [0.3, 0.4) is 0 Å². The summed E-state index contributed by atoms with van der Waals surface area (Å²) < 4.78 is 2.31. The second-order valence-corrected chi connectivity index (χ2v) is 18.1. The van der Waals surface area contributed by atoms with Gasteiger partial charge in [0.15, 0.2) is 0 Å². The van der Waals surface area contributed by atoms with Crippen molar-refractivity contribution in [1.29, 1.82) is 0 Å². The van der Waals surface area contributed by atoms with Gasteiger partial charge in [-0.2, -0.15) is 0 Å². The Morgan fingerprint density at radius 2 is 1.30 bits per heavy atom. The van der Waals surface area contributed by atoms with Gasteiger partial charge in [0.1, 0.15) is 0 Å². The largest absolute Gasteiger partial charge is 0.310 e. The van der Waals surface area contributed by atoms with E-state index in [1.807, 2.05) is 53.7 Å². The number of aromatic nitrogens is 1. The Balaban J connectivity index is 0.000000190. The van der Waals surface area contributed by atoms with E-state index in [1.54, 1.807) is 5.57 Å². The van der Waals surface area contributed by atoms with Crippen molar-refractivity contribution in [2.24, 2.45) is 0 Å². The number of nitrogens with zero attached hydrogens (tertiary/aromatic N) is 1. The van der Waals surface area contributed by atoms with Crippen LogP contribution in [0.1, 0.15) is 120 Å². The van der Waals surface area contributed by atoms with E-state index in [9.17, 15) is 0 Å². The van der Waals surface area contributed by atoms with Crippen LogP contribution in [-0.4, -0.2) is 4.57 Å². The molecule has 0 saturated carbocycles. The normalized spacial score (nSPS) is 16.8. The van der Waals surface area contributed by atoms with Crippen LogP contribution in [0, 0.1) is 13.8 Å². The zero-order chi connectivity index (χ0) is 50.9. The number of aryl methyl sites for hydroxylation is 3. The van der Waals surface area contributed by atoms with Crippen molar-refractivity contribution < 1.29 is 0 Å². The maximum atomic E-state index is 3.96. The molecular formula is C70H77N. The molecule has 362 valence electrons. The number of fused-ring (bicyclic) bond motifs is 5. The van der Waals surface area contributed by atoms with Crippen LogP contribution >= 0.6 is 0 Å². The van der Waals surface area contributed by atoms with Crippen LogP contribution in [0.4, 0.5) is 0 Å². The predicted molar refractivity (Wildman–Crippen MR) is 314 cm³/mol. The van der Waals surface area contributed by atoms with E-state index in [4.69, 9.17) is 0 Å². The van der Waals surface area contributed by atoms with Crippen LogP contribution in [0.25, 0.3) is 33.1 Å². The summed E-state index contributed by atoms with van der Waals surface area (Å²) in [7, 11) is 0. The summed E-state index contributed by atoms with van der Waals surface area (Å²) in [6.07, 6.45) is 24.7. The van der Waals surface area contributed by atoms with Crippen molar-refractivity contribution in [3.63, 3.8) is 0 Å². The molecule has 2 atom stereocenters. The molecule has 7 aromatic rings. The fraction of sp³-hybridized carbons (Fsp3) is 0.229. The average molecular weight is 932 g/mol. The number of benzene rings is 6. The second-order valence-electron chi connectivity index (χ2n) is 18.1. The lowest BCUT2D eigenvalue weighted by molar-refractivity contribution is 0.679. The van der Waals surface area contributed by atoms with Crippen molar-refractivity contribution in [2.75, 3.05) is 0 Å². The van der Waals surface area contributed by atoms with Gasteiger partial charge in [-0.3, -0.25) is 0 Å². The molecule has 71 heavy (non-hydrogen) atoms. The number of hydrogen-bond donors (Lipinski definition) is 0. The molecule has 10 rings (SSSR count). The fourth-order valence-electron chi connectivity index (χ4n) is 10.4. The third-order valence-corrected chi connectivity index (χ3v) is 13.5. The summed E-state index contributed by atoms with van der Waals surface area (Å²) in [6, 6.07) is 55.0. The molecule has 6 aromatic carbocycles. The van der Waals surface area contributed by atoms with Gasteiger partial charge in [0.25, 0.3) is 0 Å². The van der Waals surface area contributed by atoms with Gasteiger partial charge < -0.3 is 4.57 Å². The molecule has 3 aliphatic rings. The summed E-state index contributed by atoms with van der Waals surface area (Å²) in [5.74, 6) is 0.433. The molecule has 0 bridgehead atoms. The Morgan fingerprint density at radius 3 is 1.92 bits per heavy atom. The van der Waals surface area contributed by atoms with E-state index in [2.05, 4.69) is 240 Å². The molecule has 3 aliphatic carbocycles. The highest BCUT2D eigenvalue weighted by atomic mass is 15.0. The lowest BCUT2D eigenvalue weighted by Crippen LogP contribution is -2.31. The van der Waals surface area contributed by atoms with Gasteiger partial charge in [0.2, 0.25) is 0 Å². The molecule has 0 amide bonds. The Bertz CT molecular complexity index is 3090. The Morgan fingerprint density at radius 1 is 0.676 bits per heavy atom. The average Bonchev–Trinajstić information content (AvgIpc) is 3.91. The van der Waals surface area contributed by atoms with Crippen molar-refractivity contribution in [3.05, 3.63) is 286 Å². The minimum Gasteiger partial charge on any atom is -0.310 e. The van der Waals surface area contributed by atoms with Crippen LogP contribution in [0.15, 0.2) is 247 Å². The third kappa shape index (κ3) is 11.5. The highest BCUT2D eigenvalue weighted by Crippen LogP contribution is 2.60. The third-order valence-electron chi connectivity index (χ3n) is 13.5. The van der Waals surface area contributed by atoms with Gasteiger partial charge in [-0.25, -0.2) is 0 Å². The lowest BCUT2D eigenvalue weighted by atomic mass is 9.64. The van der Waals surface area contributed by atoms with Crippen molar-refractivity contribution >= 4 is 33.1 Å². The van der Waals surface area contributed by atoms with Gasteiger partial charge in [0.05, 0.1) is 16.4 Å². The molecule has 0 saturated heterocycles. The summed E-state index contributed by atoms with van der Waals surface area (Å²) in [6.45, 7) is 28.6. The predicted octanol–water partition coefficient (Wildman–Crippen LogP) is 20.0. The maximum absolute atomic E-state index is 3.96. The first-order chi connectivity index (χ1) is 34.7. The molecule has 0 fully saturated rings. The Kier molecular flexibility index (Phi) is 19.1. The monoisotopic (exact) mass is 932 g/mol. The van der Waals surface area contributed by atoms with E-state index in [0.717, 1.165) is 42.5 Å². The molecule has 2 unspecified atom stereocenters. The number of allylic oxidation sites excluding steroid dienone is 16. The molecule has 1 aromatic heterocycles. The summed E-state index contributed by atoms with van der Waals surface area (Å²) in [4.78, 5) is 0. The van der Waals surface area contributed by atoms with Gasteiger partial charge in [-0.15, -0.1) is 0 Å². The summed E-state index contributed by atoms with van der Waals surface area (Å²) >= 11 is 0. The zero-order valence-electron chi connectivity index (χ0n) is 44.4. The van der Waals surface area contributed by atoms with Gasteiger partial charge in [-0.05, 0) is 134 Å². The van der Waals surface area contributed by atoms with Gasteiger partial charge >= 0.3 is 0 Å². The number of hydrogen-bond acceptors (Lipinski definition) is 0.